The van der Waals surface area contributed by atoms with Crippen LogP contribution in [-0.2, 0) is 22.5 Å². The molecular formula is C12H15NO2. The quantitative estimate of drug-likeness (QED) is 0.645. The van der Waals surface area contributed by atoms with Gasteiger partial charge in [0.1, 0.15) is 6.04 Å². The summed E-state index contributed by atoms with van der Waals surface area (Å²) in [6.45, 7) is 0.815. The molecule has 1 aliphatic heterocycles. The number of nitrogens with zero attached hydrogens (tertiary/aromatic N) is 1. The third-order valence-corrected chi connectivity index (χ3v) is 2.96. The van der Waals surface area contributed by atoms with Crippen LogP contribution in [0.3, 0.4) is 0 Å². The molecule has 0 aromatic heterocycles. The molecule has 0 bridgehead atoms. The van der Waals surface area contributed by atoms with Gasteiger partial charge in [0.05, 0.1) is 7.11 Å². The van der Waals surface area contributed by atoms with E-state index in [1.165, 1.54) is 18.2 Å². The summed E-state index contributed by atoms with van der Waals surface area (Å²) in [7, 11) is 3.40. The lowest BCUT2D eigenvalue weighted by atomic mass is 9.94. The average Bonchev–Trinajstić information content (AvgIpc) is 2.27. The molecule has 0 spiro atoms. The molecule has 0 N–H and O–H groups in total. The van der Waals surface area contributed by atoms with Gasteiger partial charge in [-0.05, 0) is 24.6 Å². The molecule has 1 atom stereocenters. The lowest BCUT2D eigenvalue weighted by Gasteiger charge is -2.31. The predicted octanol–water partition coefficient (Wildman–Crippen LogP) is 1.22. The van der Waals surface area contributed by atoms with Crippen LogP contribution in [0.15, 0.2) is 24.3 Å². The van der Waals surface area contributed by atoms with E-state index in [0.29, 0.717) is 0 Å². The summed E-state index contributed by atoms with van der Waals surface area (Å²) in [6, 6.07) is 8.10. The van der Waals surface area contributed by atoms with Gasteiger partial charge in [0.25, 0.3) is 0 Å². The first-order valence-corrected chi connectivity index (χ1v) is 5.07. The van der Waals surface area contributed by atoms with Gasteiger partial charge < -0.3 is 4.74 Å². The number of carbonyl (C=O) groups is 1. The van der Waals surface area contributed by atoms with Crippen LogP contribution < -0.4 is 0 Å². The van der Waals surface area contributed by atoms with Crippen molar-refractivity contribution in [1.29, 1.82) is 0 Å². The molecule has 15 heavy (non-hydrogen) atoms. The molecule has 1 aliphatic rings. The number of rotatable bonds is 1. The summed E-state index contributed by atoms with van der Waals surface area (Å²) in [6.07, 6.45) is 0.749. The number of fused-ring (bicyclic) bond motifs is 1. The van der Waals surface area contributed by atoms with Gasteiger partial charge in [0.15, 0.2) is 0 Å². The molecule has 2 rings (SSSR count). The molecule has 80 valence electrons. The van der Waals surface area contributed by atoms with Gasteiger partial charge in [-0.2, -0.15) is 0 Å². The Bertz CT molecular complexity index is 376. The van der Waals surface area contributed by atoms with E-state index in [1.807, 2.05) is 24.1 Å². The van der Waals surface area contributed by atoms with Crippen molar-refractivity contribution in [3.05, 3.63) is 35.4 Å². The van der Waals surface area contributed by atoms with Gasteiger partial charge in [-0.15, -0.1) is 0 Å². The maximum Gasteiger partial charge on any atom is 0.323 e. The molecule has 1 aromatic rings. The molecule has 0 saturated heterocycles. The Labute approximate surface area is 89.7 Å². The van der Waals surface area contributed by atoms with Crippen molar-refractivity contribution < 1.29 is 9.53 Å². The van der Waals surface area contributed by atoms with Crippen molar-refractivity contribution >= 4 is 5.97 Å². The fourth-order valence-corrected chi connectivity index (χ4v) is 2.05. The molecule has 0 amide bonds. The van der Waals surface area contributed by atoms with E-state index in [0.717, 1.165) is 13.0 Å². The van der Waals surface area contributed by atoms with Crippen molar-refractivity contribution in [2.24, 2.45) is 0 Å². The third kappa shape index (κ3) is 1.88. The third-order valence-electron chi connectivity index (χ3n) is 2.96. The number of esters is 1. The SMILES string of the molecule is COC(=O)C1Cc2ccccc2CN1C. The van der Waals surface area contributed by atoms with Crippen molar-refractivity contribution in [3.63, 3.8) is 0 Å². The van der Waals surface area contributed by atoms with E-state index < -0.39 is 0 Å². The molecule has 1 aromatic carbocycles. The second kappa shape index (κ2) is 4.03. The Morgan fingerprint density at radius 2 is 2.07 bits per heavy atom. The summed E-state index contributed by atoms with van der Waals surface area (Å²) < 4.78 is 4.79. The molecule has 1 unspecified atom stereocenters. The minimum atomic E-state index is -0.146. The lowest BCUT2D eigenvalue weighted by molar-refractivity contribution is -0.147. The number of hydrogen-bond acceptors (Lipinski definition) is 3. The van der Waals surface area contributed by atoms with E-state index >= 15 is 0 Å². The van der Waals surface area contributed by atoms with Crippen molar-refractivity contribution in [3.8, 4) is 0 Å². The second-order valence-electron chi connectivity index (χ2n) is 3.93. The molecular weight excluding hydrogens is 190 g/mol. The summed E-state index contributed by atoms with van der Waals surface area (Å²) in [5.41, 5.74) is 2.56. The van der Waals surface area contributed by atoms with Gasteiger partial charge >= 0.3 is 5.97 Å². The zero-order chi connectivity index (χ0) is 10.8. The van der Waals surface area contributed by atoms with Gasteiger partial charge in [0, 0.05) is 6.54 Å². The molecule has 3 heteroatoms. The van der Waals surface area contributed by atoms with Gasteiger partial charge in [-0.3, -0.25) is 9.69 Å². The van der Waals surface area contributed by atoms with Crippen LogP contribution in [-0.4, -0.2) is 31.1 Å². The molecule has 0 aliphatic carbocycles. The van der Waals surface area contributed by atoms with Gasteiger partial charge in [-0.25, -0.2) is 0 Å². The highest BCUT2D eigenvalue weighted by Crippen LogP contribution is 2.22. The van der Waals surface area contributed by atoms with Crippen molar-refractivity contribution in [2.75, 3.05) is 14.2 Å². The largest absolute Gasteiger partial charge is 0.468 e. The summed E-state index contributed by atoms with van der Waals surface area (Å²) >= 11 is 0. The fourth-order valence-electron chi connectivity index (χ4n) is 2.05. The number of benzene rings is 1. The van der Waals surface area contributed by atoms with Gasteiger partial charge in [-0.1, -0.05) is 24.3 Å². The van der Waals surface area contributed by atoms with E-state index in [4.69, 9.17) is 4.74 Å². The normalized spacial score (nSPS) is 20.8. The van der Waals surface area contributed by atoms with E-state index in [1.54, 1.807) is 0 Å². The standard InChI is InChI=1S/C12H15NO2/c1-13-8-10-6-4-3-5-9(10)7-11(13)12(14)15-2/h3-6,11H,7-8H2,1-2H3. The zero-order valence-corrected chi connectivity index (χ0v) is 9.06. The molecule has 0 saturated carbocycles. The molecule has 1 heterocycles. The Kier molecular flexibility index (Phi) is 2.73. The van der Waals surface area contributed by atoms with Crippen LogP contribution in [0.2, 0.25) is 0 Å². The fraction of sp³-hybridized carbons (Fsp3) is 0.417. The Hall–Kier alpha value is -1.35. The second-order valence-corrected chi connectivity index (χ2v) is 3.93. The smallest absolute Gasteiger partial charge is 0.323 e. The maximum absolute atomic E-state index is 11.5. The topological polar surface area (TPSA) is 29.5 Å². The van der Waals surface area contributed by atoms with Gasteiger partial charge in [0.2, 0.25) is 0 Å². The highest BCUT2D eigenvalue weighted by molar-refractivity contribution is 5.76. The van der Waals surface area contributed by atoms with Crippen LogP contribution in [0.5, 0.6) is 0 Å². The summed E-state index contributed by atoms with van der Waals surface area (Å²) in [4.78, 5) is 13.6. The first-order valence-electron chi connectivity index (χ1n) is 5.07. The first-order chi connectivity index (χ1) is 7.22. The zero-order valence-electron chi connectivity index (χ0n) is 9.06. The Morgan fingerprint density at radius 1 is 1.40 bits per heavy atom. The minimum Gasteiger partial charge on any atom is -0.468 e. The van der Waals surface area contributed by atoms with Crippen LogP contribution in [0.25, 0.3) is 0 Å². The number of methoxy groups -OCH3 is 1. The van der Waals surface area contributed by atoms with E-state index in [9.17, 15) is 4.79 Å². The van der Waals surface area contributed by atoms with Crippen LogP contribution in [0.1, 0.15) is 11.1 Å². The molecule has 0 radical (unpaired) electrons. The lowest BCUT2D eigenvalue weighted by Crippen LogP contribution is -2.43. The monoisotopic (exact) mass is 205 g/mol. The Balaban J connectivity index is 2.25. The summed E-state index contributed by atoms with van der Waals surface area (Å²) in [5.74, 6) is -0.146. The molecule has 0 fully saturated rings. The first kappa shape index (κ1) is 10.2. The van der Waals surface area contributed by atoms with Crippen LogP contribution >= 0.6 is 0 Å². The van der Waals surface area contributed by atoms with E-state index in [2.05, 4.69) is 12.1 Å². The number of likely N-dealkylation sites (N-methyl/N-ethyl adjacent to an activating group) is 1. The maximum atomic E-state index is 11.5. The highest BCUT2D eigenvalue weighted by atomic mass is 16.5. The highest BCUT2D eigenvalue weighted by Gasteiger charge is 2.29. The van der Waals surface area contributed by atoms with Crippen molar-refractivity contribution in [1.82, 2.24) is 4.90 Å². The number of hydrogen-bond donors (Lipinski definition) is 0. The number of ether oxygens (including phenoxy) is 1. The molecule has 3 nitrogen and oxygen atoms in total. The van der Waals surface area contributed by atoms with Crippen LogP contribution in [0, 0.1) is 0 Å². The Morgan fingerprint density at radius 3 is 2.73 bits per heavy atom. The predicted molar refractivity (Wildman–Crippen MR) is 57.4 cm³/mol. The minimum absolute atomic E-state index is 0.134. The van der Waals surface area contributed by atoms with E-state index in [-0.39, 0.29) is 12.0 Å². The average molecular weight is 205 g/mol. The van der Waals surface area contributed by atoms with Crippen molar-refractivity contribution in [2.45, 2.75) is 19.0 Å². The summed E-state index contributed by atoms with van der Waals surface area (Å²) in [5, 5.41) is 0. The number of carbonyl (C=O) groups excluding carboxylic acids is 1. The van der Waals surface area contributed by atoms with Crippen LogP contribution in [0.4, 0.5) is 0 Å².